The number of carbonyl (C=O) groups excluding carboxylic acids is 2. The molecule has 106 valence electrons. The second kappa shape index (κ2) is 5.42. The number of amides is 3. The van der Waals surface area contributed by atoms with Crippen LogP contribution in [0.15, 0.2) is 17.8 Å². The highest BCUT2D eigenvalue weighted by molar-refractivity contribution is 6.32. The lowest BCUT2D eigenvalue weighted by atomic mass is 10.1. The first-order valence-corrected chi connectivity index (χ1v) is 6.08. The van der Waals surface area contributed by atoms with Crippen molar-refractivity contribution >= 4 is 29.6 Å². The van der Waals surface area contributed by atoms with Crippen molar-refractivity contribution in [1.29, 1.82) is 0 Å². The van der Waals surface area contributed by atoms with Gasteiger partial charge in [-0.25, -0.2) is 4.79 Å². The molecule has 1 aromatic carbocycles. The van der Waals surface area contributed by atoms with Gasteiger partial charge in [-0.15, -0.1) is 0 Å². The minimum atomic E-state index is -0.465. The predicted molar refractivity (Wildman–Crippen MR) is 73.8 cm³/mol. The van der Waals surface area contributed by atoms with Gasteiger partial charge in [-0.3, -0.25) is 9.69 Å². The molecule has 7 heteroatoms. The van der Waals surface area contributed by atoms with Crippen molar-refractivity contribution in [3.05, 3.63) is 28.4 Å². The van der Waals surface area contributed by atoms with Gasteiger partial charge in [0.1, 0.15) is 5.70 Å². The number of hydrogen-bond acceptors (Lipinski definition) is 4. The van der Waals surface area contributed by atoms with Crippen molar-refractivity contribution in [1.82, 2.24) is 10.2 Å². The Balaban J connectivity index is 2.42. The Labute approximate surface area is 120 Å². The minimum Gasteiger partial charge on any atom is -0.493 e. The number of methoxy groups -OCH3 is 2. The number of likely N-dealkylation sites (N-methyl/N-ethyl adjacent to an activating group) is 1. The van der Waals surface area contributed by atoms with Crippen molar-refractivity contribution < 1.29 is 19.1 Å². The quantitative estimate of drug-likeness (QED) is 0.683. The third-order valence-electron chi connectivity index (χ3n) is 2.85. The first kappa shape index (κ1) is 14.2. The van der Waals surface area contributed by atoms with Crippen molar-refractivity contribution in [3.63, 3.8) is 0 Å². The van der Waals surface area contributed by atoms with Gasteiger partial charge in [-0.1, -0.05) is 11.6 Å². The second-order valence-electron chi connectivity index (χ2n) is 4.09. The van der Waals surface area contributed by atoms with E-state index in [1.54, 1.807) is 12.1 Å². The lowest BCUT2D eigenvalue weighted by Crippen LogP contribution is -2.25. The fourth-order valence-electron chi connectivity index (χ4n) is 1.81. The van der Waals surface area contributed by atoms with Crippen LogP contribution >= 0.6 is 11.6 Å². The third-order valence-corrected chi connectivity index (χ3v) is 3.13. The zero-order valence-corrected chi connectivity index (χ0v) is 11.9. The van der Waals surface area contributed by atoms with Crippen molar-refractivity contribution in [2.45, 2.75) is 0 Å². The van der Waals surface area contributed by atoms with Gasteiger partial charge < -0.3 is 14.8 Å². The number of halogens is 1. The summed E-state index contributed by atoms with van der Waals surface area (Å²) in [7, 11) is 4.37. The molecule has 1 N–H and O–H groups in total. The van der Waals surface area contributed by atoms with E-state index in [2.05, 4.69) is 5.32 Å². The molecule has 0 unspecified atom stereocenters. The Morgan fingerprint density at radius 1 is 1.25 bits per heavy atom. The van der Waals surface area contributed by atoms with Crippen LogP contribution in [-0.2, 0) is 4.79 Å². The second-order valence-corrected chi connectivity index (χ2v) is 4.50. The minimum absolute atomic E-state index is 0.181. The van der Waals surface area contributed by atoms with Gasteiger partial charge in [0.25, 0.3) is 5.91 Å². The summed E-state index contributed by atoms with van der Waals surface area (Å²) in [6, 6.07) is 2.82. The molecule has 1 saturated heterocycles. The summed E-state index contributed by atoms with van der Waals surface area (Å²) in [5, 5.41) is 2.82. The largest absolute Gasteiger partial charge is 0.493 e. The molecular formula is C13H13ClN2O4. The lowest BCUT2D eigenvalue weighted by Gasteiger charge is -2.10. The first-order valence-electron chi connectivity index (χ1n) is 5.70. The molecule has 1 heterocycles. The molecule has 1 aliphatic rings. The number of rotatable bonds is 3. The van der Waals surface area contributed by atoms with Gasteiger partial charge in [0.2, 0.25) is 0 Å². The zero-order valence-electron chi connectivity index (χ0n) is 11.2. The predicted octanol–water partition coefficient (Wildman–Crippen LogP) is 1.88. The van der Waals surface area contributed by atoms with Crippen molar-refractivity contribution in [3.8, 4) is 11.5 Å². The maximum absolute atomic E-state index is 11.8. The van der Waals surface area contributed by atoms with Gasteiger partial charge in [0, 0.05) is 7.05 Å². The first-order chi connectivity index (χ1) is 9.47. The molecule has 6 nitrogen and oxygen atoms in total. The normalized spacial score (nSPS) is 16.6. The molecule has 0 saturated carbocycles. The summed E-state index contributed by atoms with van der Waals surface area (Å²) in [6.45, 7) is 0. The van der Waals surface area contributed by atoms with Crippen LogP contribution in [0.25, 0.3) is 6.08 Å². The van der Waals surface area contributed by atoms with E-state index in [0.717, 1.165) is 4.90 Å². The summed E-state index contributed by atoms with van der Waals surface area (Å²) >= 11 is 6.08. The highest BCUT2D eigenvalue weighted by atomic mass is 35.5. The number of hydrogen-bond donors (Lipinski definition) is 1. The van der Waals surface area contributed by atoms with Gasteiger partial charge in [-0.2, -0.15) is 0 Å². The van der Waals surface area contributed by atoms with Gasteiger partial charge >= 0.3 is 6.03 Å². The highest BCUT2D eigenvalue weighted by Crippen LogP contribution is 2.36. The van der Waals surface area contributed by atoms with Gasteiger partial charge in [0.05, 0.1) is 19.2 Å². The summed E-state index contributed by atoms with van der Waals surface area (Å²) in [6.07, 6.45) is 1.53. The number of imide groups is 1. The molecule has 0 aliphatic carbocycles. The van der Waals surface area contributed by atoms with E-state index >= 15 is 0 Å². The molecule has 0 atom stereocenters. The molecule has 0 aromatic heterocycles. The Morgan fingerprint density at radius 2 is 1.95 bits per heavy atom. The number of carbonyl (C=O) groups is 2. The maximum atomic E-state index is 11.8. The van der Waals surface area contributed by atoms with Crippen LogP contribution in [0.4, 0.5) is 4.79 Å². The average Bonchev–Trinajstić information content (AvgIpc) is 2.65. The van der Waals surface area contributed by atoms with E-state index in [4.69, 9.17) is 21.1 Å². The highest BCUT2D eigenvalue weighted by Gasteiger charge is 2.30. The third kappa shape index (κ3) is 2.42. The monoisotopic (exact) mass is 296 g/mol. The SMILES string of the molecule is COc1cc(/C=C2/NC(=O)N(C)C2=O)cc(Cl)c1OC. The van der Waals surface area contributed by atoms with Gasteiger partial charge in [0.15, 0.2) is 11.5 Å². The van der Waals surface area contributed by atoms with E-state index in [1.165, 1.54) is 27.3 Å². The van der Waals surface area contributed by atoms with Crippen LogP contribution in [0.2, 0.25) is 5.02 Å². The molecular weight excluding hydrogens is 284 g/mol. The molecule has 0 spiro atoms. The maximum Gasteiger partial charge on any atom is 0.328 e. The van der Waals surface area contributed by atoms with Crippen molar-refractivity contribution in [2.75, 3.05) is 21.3 Å². The molecule has 2 rings (SSSR count). The number of benzene rings is 1. The Hall–Kier alpha value is -2.21. The van der Waals surface area contributed by atoms with E-state index < -0.39 is 11.9 Å². The van der Waals surface area contributed by atoms with E-state index in [9.17, 15) is 9.59 Å². The number of ether oxygens (including phenoxy) is 2. The summed E-state index contributed by atoms with van der Waals surface area (Å²) in [5.41, 5.74) is 0.799. The summed E-state index contributed by atoms with van der Waals surface area (Å²) < 4.78 is 10.3. The van der Waals surface area contributed by atoms with Crippen molar-refractivity contribution in [2.24, 2.45) is 0 Å². The standard InChI is InChI=1S/C13H13ClN2O4/c1-16-12(17)9(15-13(16)18)5-7-4-8(14)11(20-3)10(6-7)19-2/h4-6H,1-3H3,(H,15,18)/b9-5+. The molecule has 1 fully saturated rings. The smallest absolute Gasteiger partial charge is 0.328 e. The van der Waals surface area contributed by atoms with Crippen LogP contribution < -0.4 is 14.8 Å². The van der Waals surface area contributed by atoms with E-state index in [-0.39, 0.29) is 5.70 Å². The fourth-order valence-corrected chi connectivity index (χ4v) is 2.11. The molecule has 3 amide bonds. The lowest BCUT2D eigenvalue weighted by molar-refractivity contribution is -0.121. The molecule has 1 aromatic rings. The van der Waals surface area contributed by atoms with Crippen LogP contribution in [0.3, 0.4) is 0 Å². The molecule has 20 heavy (non-hydrogen) atoms. The van der Waals surface area contributed by atoms with Crippen LogP contribution in [0, 0.1) is 0 Å². The van der Waals surface area contributed by atoms with Gasteiger partial charge in [-0.05, 0) is 23.8 Å². The van der Waals surface area contributed by atoms with E-state index in [0.29, 0.717) is 22.1 Å². The van der Waals surface area contributed by atoms with Crippen LogP contribution in [-0.4, -0.2) is 38.1 Å². The summed E-state index contributed by atoms with van der Waals surface area (Å²) in [5.74, 6) is 0.452. The molecule has 1 aliphatic heterocycles. The molecule has 0 bridgehead atoms. The van der Waals surface area contributed by atoms with E-state index in [1.807, 2.05) is 0 Å². The fraction of sp³-hybridized carbons (Fsp3) is 0.231. The summed E-state index contributed by atoms with van der Waals surface area (Å²) in [4.78, 5) is 24.1. The van der Waals surface area contributed by atoms with Crippen LogP contribution in [0.1, 0.15) is 5.56 Å². The Morgan fingerprint density at radius 3 is 2.45 bits per heavy atom. The number of nitrogens with zero attached hydrogens (tertiary/aromatic N) is 1. The Kier molecular flexibility index (Phi) is 3.85. The topological polar surface area (TPSA) is 67.9 Å². The molecule has 0 radical (unpaired) electrons. The number of urea groups is 1. The Bertz CT molecular complexity index is 613. The number of nitrogens with one attached hydrogen (secondary N) is 1. The zero-order chi connectivity index (χ0) is 14.9. The average molecular weight is 297 g/mol. The van der Waals surface area contributed by atoms with Crippen LogP contribution in [0.5, 0.6) is 11.5 Å².